The van der Waals surface area contributed by atoms with Crippen molar-refractivity contribution in [3.63, 3.8) is 0 Å². The van der Waals surface area contributed by atoms with E-state index in [1.54, 1.807) is 13.2 Å². The van der Waals surface area contributed by atoms with Crippen molar-refractivity contribution in [2.45, 2.75) is 115 Å². The van der Waals surface area contributed by atoms with Crippen molar-refractivity contribution in [2.75, 3.05) is 13.7 Å². The molecule has 9 rings (SSSR count). The summed E-state index contributed by atoms with van der Waals surface area (Å²) in [6.07, 6.45) is 3.63. The molecule has 6 unspecified atom stereocenters. The van der Waals surface area contributed by atoms with E-state index in [4.69, 9.17) is 23.4 Å². The number of allylic oxidation sites excluding steroid dienone is 1. The van der Waals surface area contributed by atoms with Gasteiger partial charge in [0.05, 0.1) is 18.6 Å². The third kappa shape index (κ3) is 8.35. The van der Waals surface area contributed by atoms with Gasteiger partial charge in [0.25, 0.3) is 0 Å². The van der Waals surface area contributed by atoms with E-state index in [2.05, 4.69) is 78.6 Å². The Hall–Kier alpha value is -5.91. The van der Waals surface area contributed by atoms with E-state index < -0.39 is 35.4 Å². The smallest absolute Gasteiger partial charge is 0.339 e. The fourth-order valence-electron chi connectivity index (χ4n) is 10.3. The third-order valence-corrected chi connectivity index (χ3v) is 13.6. The predicted octanol–water partition coefficient (Wildman–Crippen LogP) is 10.2. The Kier molecular flexibility index (Phi) is 11.7. The van der Waals surface area contributed by atoms with Crippen molar-refractivity contribution in [3.8, 4) is 17.6 Å². The molecule has 5 bridgehead atoms. The highest BCUT2D eigenvalue weighted by atomic mass is 16.6. The summed E-state index contributed by atoms with van der Waals surface area (Å²) < 4.78 is 31.5. The fraction of sp³-hybridized carbons (Fsp3) is 0.389. The maximum absolute atomic E-state index is 14.9. The number of aryl methyl sites for hydroxylation is 1. The molecule has 62 heavy (non-hydrogen) atoms. The van der Waals surface area contributed by atoms with Crippen LogP contribution < -0.4 is 10.4 Å². The first-order valence-electron chi connectivity index (χ1n) is 22.1. The van der Waals surface area contributed by atoms with Gasteiger partial charge in [-0.25, -0.2) is 9.59 Å². The van der Waals surface area contributed by atoms with Gasteiger partial charge in [-0.3, -0.25) is 4.79 Å². The Morgan fingerprint density at radius 1 is 0.871 bits per heavy atom. The van der Waals surface area contributed by atoms with Crippen molar-refractivity contribution < 1.29 is 33.0 Å². The van der Waals surface area contributed by atoms with E-state index in [9.17, 15) is 14.4 Å². The first kappa shape index (κ1) is 41.4. The van der Waals surface area contributed by atoms with Crippen LogP contribution in [0.4, 0.5) is 0 Å². The van der Waals surface area contributed by atoms with Crippen LogP contribution >= 0.6 is 0 Å². The second-order valence-corrected chi connectivity index (χ2v) is 18.1. The SMILES string of the molecule is COCCc1cc2ccc3c(c2oc1=O)C1OC(=O)CC2CC(c4cccc(Cc5ccccc5)c4)CCC2c2ccc4cc2CC#CCC(C)(O3)C1OC(=O)C(=C(C)C)CC4. The van der Waals surface area contributed by atoms with E-state index in [1.807, 2.05) is 39.0 Å². The Bertz CT molecular complexity index is 2680. The van der Waals surface area contributed by atoms with Crippen LogP contribution in [-0.2, 0) is 49.5 Å². The van der Waals surface area contributed by atoms with E-state index in [0.717, 1.165) is 42.4 Å². The molecule has 1 saturated carbocycles. The van der Waals surface area contributed by atoms with Gasteiger partial charge >= 0.3 is 17.6 Å². The highest BCUT2D eigenvalue weighted by molar-refractivity contribution is 5.90. The summed E-state index contributed by atoms with van der Waals surface area (Å²) >= 11 is 0. The van der Waals surface area contributed by atoms with Gasteiger partial charge < -0.3 is 23.4 Å². The van der Waals surface area contributed by atoms with Crippen LogP contribution in [0.25, 0.3) is 11.0 Å². The number of esters is 2. The first-order valence-corrected chi connectivity index (χ1v) is 22.1. The summed E-state index contributed by atoms with van der Waals surface area (Å²) in [5.74, 6) is 6.66. The van der Waals surface area contributed by atoms with Crippen molar-refractivity contribution in [3.05, 3.63) is 157 Å². The molecule has 0 N–H and O–H groups in total. The molecule has 1 fully saturated rings. The molecule has 318 valence electrons. The number of carbonyl (C=O) groups excluding carboxylic acids is 2. The molecular weight excluding hydrogens is 777 g/mol. The number of hydrogen-bond donors (Lipinski definition) is 0. The molecule has 4 heterocycles. The average Bonchev–Trinajstić information content (AvgIpc) is 3.25. The van der Waals surface area contributed by atoms with Crippen LogP contribution in [0.3, 0.4) is 0 Å². The molecule has 4 aliphatic rings. The largest absolute Gasteiger partial charge is 0.482 e. The highest BCUT2D eigenvalue weighted by Crippen LogP contribution is 2.51. The topological polar surface area (TPSA) is 101 Å². The Morgan fingerprint density at radius 2 is 1.71 bits per heavy atom. The molecule has 5 aromatic rings. The van der Waals surface area contributed by atoms with E-state index in [1.165, 1.54) is 22.3 Å². The van der Waals surface area contributed by atoms with E-state index >= 15 is 0 Å². The molecule has 0 amide bonds. The molecule has 0 saturated heterocycles. The van der Waals surface area contributed by atoms with Gasteiger partial charge in [-0.15, -0.1) is 0 Å². The fourth-order valence-corrected chi connectivity index (χ4v) is 10.3. The second kappa shape index (κ2) is 17.5. The summed E-state index contributed by atoms with van der Waals surface area (Å²) in [6.45, 7) is 6.04. The number of carbonyl (C=O) groups is 2. The lowest BCUT2D eigenvalue weighted by molar-refractivity contribution is -0.190. The lowest BCUT2D eigenvalue weighted by atomic mass is 9.67. The van der Waals surface area contributed by atoms with E-state index in [-0.39, 0.29) is 36.2 Å². The van der Waals surface area contributed by atoms with Crippen molar-refractivity contribution in [2.24, 2.45) is 5.92 Å². The van der Waals surface area contributed by atoms with Crippen LogP contribution in [0.2, 0.25) is 0 Å². The Morgan fingerprint density at radius 3 is 2.53 bits per heavy atom. The number of methoxy groups -OCH3 is 1. The number of fused-ring (bicyclic) bond motifs is 9. The van der Waals surface area contributed by atoms with Crippen molar-refractivity contribution >= 4 is 22.9 Å². The number of hydrogen-bond acceptors (Lipinski definition) is 8. The summed E-state index contributed by atoms with van der Waals surface area (Å²) in [7, 11) is 1.59. The zero-order valence-corrected chi connectivity index (χ0v) is 36.1. The van der Waals surface area contributed by atoms with Crippen LogP contribution in [0, 0.1) is 17.8 Å². The Balaban J connectivity index is 1.17. The minimum atomic E-state index is -1.23. The monoisotopic (exact) mass is 830 g/mol. The molecule has 1 aromatic heterocycles. The quantitative estimate of drug-likeness (QED) is 0.0722. The minimum Gasteiger partial charge on any atom is -0.482 e. The summed E-state index contributed by atoms with van der Waals surface area (Å²) in [4.78, 5) is 42.9. The van der Waals surface area contributed by atoms with Gasteiger partial charge in [0, 0.05) is 42.9 Å². The Labute approximate surface area is 363 Å². The summed E-state index contributed by atoms with van der Waals surface area (Å²) in [6, 6.07) is 31.6. The van der Waals surface area contributed by atoms with Crippen LogP contribution in [-0.4, -0.2) is 37.4 Å². The summed E-state index contributed by atoms with van der Waals surface area (Å²) in [5, 5.41) is 0.634. The molecule has 8 nitrogen and oxygen atoms in total. The first-order chi connectivity index (χ1) is 30.1. The highest BCUT2D eigenvalue weighted by Gasteiger charge is 2.53. The molecule has 0 radical (unpaired) electrons. The number of rotatable bonds is 6. The third-order valence-electron chi connectivity index (χ3n) is 13.6. The van der Waals surface area contributed by atoms with Gasteiger partial charge in [-0.1, -0.05) is 90.2 Å². The number of benzene rings is 4. The van der Waals surface area contributed by atoms with Crippen molar-refractivity contribution in [1.82, 2.24) is 0 Å². The second-order valence-electron chi connectivity index (χ2n) is 18.1. The lowest BCUT2D eigenvalue weighted by Crippen LogP contribution is -2.54. The maximum atomic E-state index is 14.9. The molecular formula is C54H54O8. The molecule has 3 aliphatic heterocycles. The van der Waals surface area contributed by atoms with Crippen molar-refractivity contribution in [1.29, 1.82) is 0 Å². The predicted molar refractivity (Wildman–Crippen MR) is 238 cm³/mol. The minimum absolute atomic E-state index is 0.0507. The van der Waals surface area contributed by atoms with Crippen LogP contribution in [0.15, 0.2) is 111 Å². The van der Waals surface area contributed by atoms with E-state index in [0.29, 0.717) is 60.1 Å². The molecule has 6 atom stereocenters. The molecule has 4 aromatic carbocycles. The molecule has 0 spiro atoms. The zero-order chi connectivity index (χ0) is 43.0. The van der Waals surface area contributed by atoms with Gasteiger partial charge in [-0.2, -0.15) is 0 Å². The summed E-state index contributed by atoms with van der Waals surface area (Å²) in [5.41, 5.74) is 8.06. The molecule has 1 aliphatic carbocycles. The van der Waals surface area contributed by atoms with Gasteiger partial charge in [0.1, 0.15) is 11.3 Å². The van der Waals surface area contributed by atoms with Gasteiger partial charge in [-0.05, 0) is 129 Å². The zero-order valence-electron chi connectivity index (χ0n) is 36.1. The van der Waals surface area contributed by atoms with Crippen LogP contribution in [0.1, 0.15) is 122 Å². The number of ether oxygens (including phenoxy) is 4. The van der Waals surface area contributed by atoms with Gasteiger partial charge in [0.2, 0.25) is 0 Å². The lowest BCUT2D eigenvalue weighted by Gasteiger charge is -2.45. The van der Waals surface area contributed by atoms with Gasteiger partial charge in [0.15, 0.2) is 17.8 Å². The molecule has 8 heteroatoms. The normalized spacial score (nSPS) is 24.6. The standard InChI is InChI=1S/C54H54O8/c1-33(2)43-20-16-35-17-21-44-39(28-35)14-8-9-25-54(3)51(61-53(43)57)50(48-46(62-54)23-19-40-31-41(24-26-58-4)52(56)60-49(40)48)59-47(55)32-42-30-38(18-22-45(42)44)37-15-10-13-36(29-37)27-34-11-6-5-7-12-34/h5-7,10-13,15,17,19,21,23,28-29,31,38,42,45,50-51H,14,16,18,20,22,24-27,30,32H2,1-4H3. The van der Waals surface area contributed by atoms with Crippen LogP contribution in [0.5, 0.6) is 5.75 Å². The maximum Gasteiger partial charge on any atom is 0.339 e. The average molecular weight is 831 g/mol.